The Labute approximate surface area is 134 Å². The van der Waals surface area contributed by atoms with Gasteiger partial charge in [0.1, 0.15) is 11.9 Å². The predicted octanol–water partition coefficient (Wildman–Crippen LogP) is 2.77. The lowest BCUT2D eigenvalue weighted by Crippen LogP contribution is -2.49. The predicted molar refractivity (Wildman–Crippen MR) is 87.0 cm³/mol. The number of benzene rings is 2. The number of carboxylic acid groups (broad SMARTS) is 1. The van der Waals surface area contributed by atoms with E-state index in [1.165, 1.54) is 6.07 Å². The number of nitrogens with zero attached hydrogens (tertiary/aromatic N) is 2. The van der Waals surface area contributed by atoms with Crippen LogP contribution in [0.25, 0.3) is 0 Å². The molecule has 1 aliphatic heterocycles. The summed E-state index contributed by atoms with van der Waals surface area (Å²) in [5, 5.41) is 9.59. The molecular weight excluding hydrogens is 295 g/mol. The van der Waals surface area contributed by atoms with Crippen LogP contribution >= 0.6 is 0 Å². The van der Waals surface area contributed by atoms with Crippen LogP contribution in [0.3, 0.4) is 0 Å². The highest BCUT2D eigenvalue weighted by atomic mass is 19.1. The number of carbonyl (C=O) groups is 1. The quantitative estimate of drug-likeness (QED) is 0.942. The Hall–Kier alpha value is -2.40. The summed E-state index contributed by atoms with van der Waals surface area (Å²) in [5.74, 6) is -1.09. The second-order valence-corrected chi connectivity index (χ2v) is 5.63. The monoisotopic (exact) mass is 314 g/mol. The largest absolute Gasteiger partial charge is 0.480 e. The topological polar surface area (TPSA) is 43.8 Å². The van der Waals surface area contributed by atoms with Crippen molar-refractivity contribution < 1.29 is 14.3 Å². The van der Waals surface area contributed by atoms with Crippen LogP contribution in [0.4, 0.5) is 10.1 Å². The molecule has 0 radical (unpaired) electrons. The van der Waals surface area contributed by atoms with E-state index in [-0.39, 0.29) is 5.82 Å². The van der Waals surface area contributed by atoms with Gasteiger partial charge in [0, 0.05) is 26.2 Å². The number of aliphatic carboxylic acids is 1. The Morgan fingerprint density at radius 1 is 0.957 bits per heavy atom. The Morgan fingerprint density at radius 2 is 1.57 bits per heavy atom. The van der Waals surface area contributed by atoms with E-state index in [0.29, 0.717) is 31.9 Å². The van der Waals surface area contributed by atoms with Crippen molar-refractivity contribution in [2.24, 2.45) is 0 Å². The number of halogens is 1. The van der Waals surface area contributed by atoms with E-state index < -0.39 is 12.0 Å². The van der Waals surface area contributed by atoms with Crippen LogP contribution in [-0.2, 0) is 4.79 Å². The summed E-state index contributed by atoms with van der Waals surface area (Å²) >= 11 is 0. The minimum atomic E-state index is -0.851. The standard InChI is InChI=1S/C18H19FN2O2/c19-15-8-4-5-9-16(15)20-10-12-21(13-11-20)17(18(22)23)14-6-2-1-3-7-14/h1-9,17H,10-13H2,(H,22,23). The molecule has 1 heterocycles. The van der Waals surface area contributed by atoms with E-state index in [0.717, 1.165) is 5.56 Å². The van der Waals surface area contributed by atoms with E-state index in [1.807, 2.05) is 46.2 Å². The molecular formula is C18H19FN2O2. The van der Waals surface area contributed by atoms with Crippen molar-refractivity contribution in [2.75, 3.05) is 31.1 Å². The van der Waals surface area contributed by atoms with Gasteiger partial charge in [-0.05, 0) is 17.7 Å². The minimum absolute atomic E-state index is 0.237. The molecule has 0 aliphatic carbocycles. The second-order valence-electron chi connectivity index (χ2n) is 5.63. The molecule has 4 nitrogen and oxygen atoms in total. The zero-order valence-electron chi connectivity index (χ0n) is 12.7. The molecule has 5 heteroatoms. The fraction of sp³-hybridized carbons (Fsp3) is 0.278. The van der Waals surface area contributed by atoms with Crippen molar-refractivity contribution in [1.29, 1.82) is 0 Å². The SMILES string of the molecule is O=C(O)C(c1ccccc1)N1CCN(c2ccccc2F)CC1. The zero-order chi connectivity index (χ0) is 16.2. The molecule has 3 rings (SSSR count). The Morgan fingerprint density at radius 3 is 2.17 bits per heavy atom. The second kappa shape index (κ2) is 6.79. The van der Waals surface area contributed by atoms with Crippen molar-refractivity contribution in [3.05, 3.63) is 66.0 Å². The molecule has 1 aliphatic rings. The molecule has 1 fully saturated rings. The van der Waals surface area contributed by atoms with Crippen LogP contribution in [-0.4, -0.2) is 42.2 Å². The van der Waals surface area contributed by atoms with Crippen molar-refractivity contribution in [1.82, 2.24) is 4.90 Å². The summed E-state index contributed by atoms with van der Waals surface area (Å²) in [7, 11) is 0. The smallest absolute Gasteiger partial charge is 0.325 e. The van der Waals surface area contributed by atoms with Crippen LogP contribution in [0.1, 0.15) is 11.6 Å². The van der Waals surface area contributed by atoms with Gasteiger partial charge in [0.25, 0.3) is 0 Å². The minimum Gasteiger partial charge on any atom is -0.480 e. The van der Waals surface area contributed by atoms with Crippen molar-refractivity contribution in [2.45, 2.75) is 6.04 Å². The summed E-state index contributed by atoms with van der Waals surface area (Å²) < 4.78 is 13.9. The maximum absolute atomic E-state index is 13.9. The molecule has 2 aromatic rings. The van der Waals surface area contributed by atoms with Gasteiger partial charge in [-0.25, -0.2) is 4.39 Å². The summed E-state index contributed by atoms with van der Waals surface area (Å²) in [6.07, 6.45) is 0. The van der Waals surface area contributed by atoms with Crippen LogP contribution in [0.5, 0.6) is 0 Å². The molecule has 0 spiro atoms. The van der Waals surface area contributed by atoms with E-state index >= 15 is 0 Å². The fourth-order valence-corrected chi connectivity index (χ4v) is 3.07. The molecule has 0 saturated carbocycles. The molecule has 1 atom stereocenters. The lowest BCUT2D eigenvalue weighted by atomic mass is 10.0. The summed E-state index contributed by atoms with van der Waals surface area (Å²) in [6, 6.07) is 15.3. The average Bonchev–Trinajstić information content (AvgIpc) is 2.57. The average molecular weight is 314 g/mol. The molecule has 1 saturated heterocycles. The van der Waals surface area contributed by atoms with Crippen molar-refractivity contribution in [3.63, 3.8) is 0 Å². The lowest BCUT2D eigenvalue weighted by molar-refractivity contribution is -0.143. The zero-order valence-corrected chi connectivity index (χ0v) is 12.7. The van der Waals surface area contributed by atoms with Crippen molar-refractivity contribution in [3.8, 4) is 0 Å². The van der Waals surface area contributed by atoms with Gasteiger partial charge in [0.15, 0.2) is 0 Å². The van der Waals surface area contributed by atoms with Crippen LogP contribution < -0.4 is 4.90 Å². The number of carboxylic acids is 1. The summed E-state index contributed by atoms with van der Waals surface area (Å²) in [6.45, 7) is 2.38. The summed E-state index contributed by atoms with van der Waals surface area (Å²) in [4.78, 5) is 15.6. The number of anilines is 1. The van der Waals surface area contributed by atoms with E-state index in [4.69, 9.17) is 0 Å². The molecule has 0 aromatic heterocycles. The maximum Gasteiger partial charge on any atom is 0.325 e. The molecule has 0 amide bonds. The molecule has 0 bridgehead atoms. The Balaban J connectivity index is 1.72. The van der Waals surface area contributed by atoms with Gasteiger partial charge in [-0.2, -0.15) is 0 Å². The first-order valence-corrected chi connectivity index (χ1v) is 7.68. The van der Waals surface area contributed by atoms with Gasteiger partial charge in [0.05, 0.1) is 5.69 Å². The van der Waals surface area contributed by atoms with Gasteiger partial charge in [-0.15, -0.1) is 0 Å². The van der Waals surface area contributed by atoms with E-state index in [1.54, 1.807) is 12.1 Å². The Kier molecular flexibility index (Phi) is 4.57. The van der Waals surface area contributed by atoms with Gasteiger partial charge < -0.3 is 10.0 Å². The van der Waals surface area contributed by atoms with Crippen molar-refractivity contribution >= 4 is 11.7 Å². The van der Waals surface area contributed by atoms with Gasteiger partial charge in [0.2, 0.25) is 0 Å². The normalized spacial score (nSPS) is 17.0. The highest BCUT2D eigenvalue weighted by Crippen LogP contribution is 2.25. The molecule has 23 heavy (non-hydrogen) atoms. The number of piperazine rings is 1. The molecule has 2 aromatic carbocycles. The highest BCUT2D eigenvalue weighted by Gasteiger charge is 2.30. The number of hydrogen-bond acceptors (Lipinski definition) is 3. The Bertz CT molecular complexity index is 670. The third-order valence-corrected chi connectivity index (χ3v) is 4.22. The van der Waals surface area contributed by atoms with Gasteiger partial charge in [-0.1, -0.05) is 42.5 Å². The number of rotatable bonds is 4. The van der Waals surface area contributed by atoms with Crippen LogP contribution in [0.15, 0.2) is 54.6 Å². The third-order valence-electron chi connectivity index (χ3n) is 4.22. The maximum atomic E-state index is 13.9. The summed E-state index contributed by atoms with van der Waals surface area (Å²) in [5.41, 5.74) is 1.36. The van der Waals surface area contributed by atoms with E-state index in [2.05, 4.69) is 0 Å². The fourth-order valence-electron chi connectivity index (χ4n) is 3.07. The van der Waals surface area contributed by atoms with Crippen LogP contribution in [0.2, 0.25) is 0 Å². The highest BCUT2D eigenvalue weighted by molar-refractivity contribution is 5.75. The molecule has 1 unspecified atom stereocenters. The first-order chi connectivity index (χ1) is 11.2. The van der Waals surface area contributed by atoms with Crippen LogP contribution in [0, 0.1) is 5.82 Å². The number of hydrogen-bond donors (Lipinski definition) is 1. The third kappa shape index (κ3) is 3.35. The van der Waals surface area contributed by atoms with Gasteiger partial charge in [-0.3, -0.25) is 9.69 Å². The van der Waals surface area contributed by atoms with E-state index in [9.17, 15) is 14.3 Å². The first kappa shape index (κ1) is 15.5. The lowest BCUT2D eigenvalue weighted by Gasteiger charge is -2.39. The molecule has 120 valence electrons. The van der Waals surface area contributed by atoms with Gasteiger partial charge >= 0.3 is 5.97 Å². The first-order valence-electron chi connectivity index (χ1n) is 7.68. The number of para-hydroxylation sites is 1. The molecule has 1 N–H and O–H groups in total.